The molecule has 0 spiro atoms. The Bertz CT molecular complexity index is 506. The van der Waals surface area contributed by atoms with Crippen molar-refractivity contribution in [3.05, 3.63) is 25.3 Å². The largest absolute Gasteiger partial charge is 0.464 e. The number of aliphatic hydroxyl groups excluding tert-OH is 1. The third-order valence-electron chi connectivity index (χ3n) is 4.37. The van der Waals surface area contributed by atoms with E-state index in [-0.39, 0.29) is 56.4 Å². The molecule has 26 heavy (non-hydrogen) atoms. The van der Waals surface area contributed by atoms with Gasteiger partial charge >= 0.3 is 5.97 Å². The van der Waals surface area contributed by atoms with Gasteiger partial charge in [-0.15, -0.1) is 13.2 Å². The monoisotopic (exact) mass is 366 g/mol. The highest BCUT2D eigenvalue weighted by atomic mass is 16.5. The molecule has 1 rings (SSSR count). The first-order chi connectivity index (χ1) is 12.5. The van der Waals surface area contributed by atoms with Gasteiger partial charge in [-0.1, -0.05) is 12.2 Å². The van der Waals surface area contributed by atoms with E-state index in [1.807, 2.05) is 0 Å². The summed E-state index contributed by atoms with van der Waals surface area (Å²) >= 11 is 0. The molecule has 0 bridgehead atoms. The molecule has 2 unspecified atom stereocenters. The van der Waals surface area contributed by atoms with Crippen molar-refractivity contribution in [3.8, 4) is 0 Å². The second-order valence-electron chi connectivity index (χ2n) is 6.33. The molecule has 1 fully saturated rings. The number of aliphatic hydroxyl groups is 1. The molecular weight excluding hydrogens is 336 g/mol. The maximum Gasteiger partial charge on any atom is 0.306 e. The molecule has 2 N–H and O–H groups in total. The standard InChI is InChI=1S/C19H30N2O5/c1-3-5-9-18(24)26-12-10-20-19(25)15(7-4-2)13-17(23)21-11-6-8-16(21)14-22/h3-4,15-16,22H,1-2,5-14H2,(H,20,25). The van der Waals surface area contributed by atoms with E-state index < -0.39 is 5.92 Å². The lowest BCUT2D eigenvalue weighted by molar-refractivity contribution is -0.144. The number of nitrogens with zero attached hydrogens (tertiary/aromatic N) is 1. The zero-order valence-corrected chi connectivity index (χ0v) is 15.3. The number of carbonyl (C=O) groups is 3. The van der Waals surface area contributed by atoms with E-state index in [2.05, 4.69) is 18.5 Å². The number of ether oxygens (including phenoxy) is 1. The van der Waals surface area contributed by atoms with Crippen LogP contribution in [0.5, 0.6) is 0 Å². The fourth-order valence-electron chi connectivity index (χ4n) is 2.94. The van der Waals surface area contributed by atoms with Gasteiger partial charge in [-0.2, -0.15) is 0 Å². The van der Waals surface area contributed by atoms with Gasteiger partial charge in [0.15, 0.2) is 0 Å². The van der Waals surface area contributed by atoms with E-state index in [0.29, 0.717) is 19.4 Å². The number of esters is 1. The normalized spacial score (nSPS) is 17.4. The van der Waals surface area contributed by atoms with E-state index in [0.717, 1.165) is 12.8 Å². The minimum atomic E-state index is -0.517. The molecule has 2 atom stereocenters. The minimum absolute atomic E-state index is 0.0543. The van der Waals surface area contributed by atoms with Gasteiger partial charge in [0.05, 0.1) is 25.1 Å². The maximum absolute atomic E-state index is 12.4. The van der Waals surface area contributed by atoms with Gasteiger partial charge in [0.2, 0.25) is 11.8 Å². The highest BCUT2D eigenvalue weighted by Gasteiger charge is 2.30. The van der Waals surface area contributed by atoms with Gasteiger partial charge < -0.3 is 20.1 Å². The van der Waals surface area contributed by atoms with Crippen molar-refractivity contribution in [1.29, 1.82) is 0 Å². The lowest BCUT2D eigenvalue weighted by Crippen LogP contribution is -2.41. The Morgan fingerprint density at radius 2 is 2.08 bits per heavy atom. The number of nitrogens with one attached hydrogen (secondary N) is 1. The molecule has 0 aliphatic carbocycles. The molecule has 7 nitrogen and oxygen atoms in total. The van der Waals surface area contributed by atoms with Crippen LogP contribution in [-0.2, 0) is 19.1 Å². The van der Waals surface area contributed by atoms with Crippen LogP contribution in [0.25, 0.3) is 0 Å². The predicted octanol–water partition coefficient (Wildman–Crippen LogP) is 1.18. The van der Waals surface area contributed by atoms with Crippen LogP contribution >= 0.6 is 0 Å². The van der Waals surface area contributed by atoms with Gasteiger partial charge in [0.25, 0.3) is 0 Å². The van der Waals surface area contributed by atoms with E-state index in [1.54, 1.807) is 17.1 Å². The van der Waals surface area contributed by atoms with Gasteiger partial charge in [0.1, 0.15) is 6.61 Å². The summed E-state index contributed by atoms with van der Waals surface area (Å²) in [6, 6.07) is -0.148. The summed E-state index contributed by atoms with van der Waals surface area (Å²) in [7, 11) is 0. The lowest BCUT2D eigenvalue weighted by atomic mass is 9.99. The van der Waals surface area contributed by atoms with Crippen LogP contribution in [0.4, 0.5) is 0 Å². The molecular formula is C19H30N2O5. The van der Waals surface area contributed by atoms with Crippen LogP contribution in [0.1, 0.15) is 38.5 Å². The average Bonchev–Trinajstić information content (AvgIpc) is 3.11. The molecule has 1 heterocycles. The third kappa shape index (κ3) is 7.39. The fourth-order valence-corrected chi connectivity index (χ4v) is 2.94. The van der Waals surface area contributed by atoms with Crippen LogP contribution in [0, 0.1) is 5.92 Å². The van der Waals surface area contributed by atoms with Crippen LogP contribution in [0.3, 0.4) is 0 Å². The first-order valence-electron chi connectivity index (χ1n) is 9.08. The molecule has 1 aliphatic heterocycles. The highest BCUT2D eigenvalue weighted by molar-refractivity contribution is 5.86. The summed E-state index contributed by atoms with van der Waals surface area (Å²) in [5.74, 6) is -1.24. The Kier molecular flexibility index (Phi) is 10.3. The number of amides is 2. The molecule has 146 valence electrons. The zero-order chi connectivity index (χ0) is 19.4. The Hall–Kier alpha value is -2.15. The van der Waals surface area contributed by atoms with E-state index >= 15 is 0 Å². The van der Waals surface area contributed by atoms with Crippen molar-refractivity contribution >= 4 is 17.8 Å². The zero-order valence-electron chi connectivity index (χ0n) is 15.3. The van der Waals surface area contributed by atoms with E-state index in [1.165, 1.54) is 0 Å². The summed E-state index contributed by atoms with van der Waals surface area (Å²) < 4.78 is 5.00. The Labute approximate surface area is 155 Å². The molecule has 0 aromatic rings. The number of rotatable bonds is 12. The first-order valence-corrected chi connectivity index (χ1v) is 9.08. The predicted molar refractivity (Wildman–Crippen MR) is 98.1 cm³/mol. The molecule has 7 heteroatoms. The number of hydrogen-bond acceptors (Lipinski definition) is 5. The fraction of sp³-hybridized carbons (Fsp3) is 0.632. The van der Waals surface area contributed by atoms with Crippen molar-refractivity contribution in [3.63, 3.8) is 0 Å². The number of likely N-dealkylation sites (tertiary alicyclic amines) is 1. The summed E-state index contributed by atoms with van der Waals surface area (Å²) in [6.45, 7) is 8.03. The van der Waals surface area contributed by atoms with Crippen molar-refractivity contribution in [2.24, 2.45) is 5.92 Å². The van der Waals surface area contributed by atoms with Crippen molar-refractivity contribution < 1.29 is 24.2 Å². The smallest absolute Gasteiger partial charge is 0.306 e. The maximum atomic E-state index is 12.4. The van der Waals surface area contributed by atoms with Gasteiger partial charge in [-0.05, 0) is 25.7 Å². The van der Waals surface area contributed by atoms with E-state index in [9.17, 15) is 19.5 Å². The Balaban J connectivity index is 2.41. The number of hydrogen-bond donors (Lipinski definition) is 2. The van der Waals surface area contributed by atoms with Gasteiger partial charge in [-0.25, -0.2) is 0 Å². The summed E-state index contributed by atoms with van der Waals surface area (Å²) in [6.07, 6.45) is 6.20. The third-order valence-corrected chi connectivity index (χ3v) is 4.37. The Morgan fingerprint density at radius 3 is 2.73 bits per heavy atom. The Morgan fingerprint density at radius 1 is 1.31 bits per heavy atom. The van der Waals surface area contributed by atoms with Gasteiger partial charge in [-0.3, -0.25) is 14.4 Å². The van der Waals surface area contributed by atoms with Crippen molar-refractivity contribution in [2.75, 3.05) is 26.3 Å². The van der Waals surface area contributed by atoms with Crippen LogP contribution in [0.15, 0.2) is 25.3 Å². The summed E-state index contributed by atoms with van der Waals surface area (Å²) in [4.78, 5) is 37.8. The molecule has 1 saturated heterocycles. The van der Waals surface area contributed by atoms with Crippen LogP contribution in [-0.4, -0.2) is 60.1 Å². The average molecular weight is 366 g/mol. The lowest BCUT2D eigenvalue weighted by Gasteiger charge is -2.25. The minimum Gasteiger partial charge on any atom is -0.464 e. The molecule has 0 aromatic carbocycles. The second-order valence-corrected chi connectivity index (χ2v) is 6.33. The molecule has 0 radical (unpaired) electrons. The highest BCUT2D eigenvalue weighted by Crippen LogP contribution is 2.20. The molecule has 0 aromatic heterocycles. The van der Waals surface area contributed by atoms with Crippen molar-refractivity contribution in [2.45, 2.75) is 44.6 Å². The topological polar surface area (TPSA) is 95.9 Å². The summed E-state index contributed by atoms with van der Waals surface area (Å²) in [5.41, 5.74) is 0. The van der Waals surface area contributed by atoms with Crippen molar-refractivity contribution in [1.82, 2.24) is 10.2 Å². The molecule has 0 saturated carbocycles. The van der Waals surface area contributed by atoms with Crippen LogP contribution in [0.2, 0.25) is 0 Å². The van der Waals surface area contributed by atoms with Crippen LogP contribution < -0.4 is 5.32 Å². The first kappa shape index (κ1) is 21.9. The van der Waals surface area contributed by atoms with E-state index in [4.69, 9.17) is 4.74 Å². The SMILES string of the molecule is C=CCCC(=O)OCCNC(=O)C(CC=C)CC(=O)N1CCCC1CO. The summed E-state index contributed by atoms with van der Waals surface area (Å²) in [5, 5.41) is 12.0. The molecule has 1 aliphatic rings. The number of allylic oxidation sites excluding steroid dienone is 2. The molecule has 2 amide bonds. The quantitative estimate of drug-likeness (QED) is 0.307. The van der Waals surface area contributed by atoms with Gasteiger partial charge in [0, 0.05) is 19.4 Å². The number of carbonyl (C=O) groups excluding carboxylic acids is 3. The second kappa shape index (κ2) is 12.2.